The van der Waals surface area contributed by atoms with E-state index in [9.17, 15) is 13.2 Å². The predicted molar refractivity (Wildman–Crippen MR) is 111 cm³/mol. The molecular weight excluding hydrogens is 410 g/mol. The van der Waals surface area contributed by atoms with Crippen LogP contribution >= 0.6 is 0 Å². The molecule has 1 fully saturated rings. The van der Waals surface area contributed by atoms with E-state index in [0.717, 1.165) is 0 Å². The minimum atomic E-state index is -3.40. The van der Waals surface area contributed by atoms with Crippen LogP contribution in [-0.4, -0.2) is 57.4 Å². The molecule has 30 heavy (non-hydrogen) atoms. The fraction of sp³-hybridized carbons (Fsp3) is 0.476. The van der Waals surface area contributed by atoms with Gasteiger partial charge in [0.25, 0.3) is 5.91 Å². The Kier molecular flexibility index (Phi) is 6.91. The number of sulfone groups is 1. The Bertz CT molecular complexity index is 936. The summed E-state index contributed by atoms with van der Waals surface area (Å²) >= 11 is 0. The fourth-order valence-electron chi connectivity index (χ4n) is 3.24. The number of likely N-dealkylation sites (tertiary alicyclic amines) is 1. The molecule has 0 aliphatic carbocycles. The van der Waals surface area contributed by atoms with Crippen LogP contribution in [0.1, 0.15) is 36.9 Å². The monoisotopic (exact) mass is 437 g/mol. The van der Waals surface area contributed by atoms with Gasteiger partial charge in [0.2, 0.25) is 5.75 Å². The summed E-state index contributed by atoms with van der Waals surface area (Å²) < 4.78 is 47.1. The highest BCUT2D eigenvalue weighted by atomic mass is 32.2. The second-order valence-electron chi connectivity index (χ2n) is 6.82. The van der Waals surface area contributed by atoms with Gasteiger partial charge in [-0.2, -0.15) is 0 Å². The van der Waals surface area contributed by atoms with Crippen molar-refractivity contribution in [3.63, 3.8) is 0 Å². The third-order valence-electron chi connectivity index (χ3n) is 4.72. The van der Waals surface area contributed by atoms with Crippen molar-refractivity contribution in [1.29, 1.82) is 0 Å². The molecule has 1 aliphatic heterocycles. The molecule has 0 unspecified atom stereocenters. The van der Waals surface area contributed by atoms with Crippen LogP contribution in [0.3, 0.4) is 0 Å². The zero-order chi connectivity index (χ0) is 21.7. The molecule has 0 atom stereocenters. The zero-order valence-corrected chi connectivity index (χ0v) is 18.2. The first-order valence-corrected chi connectivity index (χ1v) is 11.7. The Morgan fingerprint density at radius 1 is 1.07 bits per heavy atom. The van der Waals surface area contributed by atoms with Crippen LogP contribution in [0.4, 0.5) is 0 Å². The average molecular weight is 438 g/mol. The second kappa shape index (κ2) is 9.42. The third kappa shape index (κ3) is 4.72. The summed E-state index contributed by atoms with van der Waals surface area (Å²) in [6, 6.07) is 6.51. The molecule has 1 aliphatic rings. The maximum Gasteiger partial charge on any atom is 0.254 e. The molecular formula is C21H27NO7S. The summed E-state index contributed by atoms with van der Waals surface area (Å²) in [5, 5.41) is -0.605. The number of rotatable bonds is 10. The van der Waals surface area contributed by atoms with Gasteiger partial charge in [-0.3, -0.25) is 4.79 Å². The van der Waals surface area contributed by atoms with E-state index in [4.69, 9.17) is 18.6 Å². The van der Waals surface area contributed by atoms with Crippen molar-refractivity contribution < 1.29 is 31.8 Å². The maximum absolute atomic E-state index is 13.0. The number of ether oxygens (including phenoxy) is 3. The highest BCUT2D eigenvalue weighted by Gasteiger charge is 2.40. The Morgan fingerprint density at radius 2 is 1.67 bits per heavy atom. The van der Waals surface area contributed by atoms with Crippen LogP contribution in [0, 0.1) is 0 Å². The molecule has 3 rings (SSSR count). The van der Waals surface area contributed by atoms with Crippen molar-refractivity contribution in [3.05, 3.63) is 41.9 Å². The van der Waals surface area contributed by atoms with Crippen LogP contribution in [0.5, 0.6) is 17.2 Å². The molecule has 2 aromatic rings. The quantitative estimate of drug-likeness (QED) is 0.564. The van der Waals surface area contributed by atoms with Crippen molar-refractivity contribution in [3.8, 4) is 17.2 Å². The van der Waals surface area contributed by atoms with Crippen molar-refractivity contribution >= 4 is 15.7 Å². The van der Waals surface area contributed by atoms with Crippen LogP contribution in [0.15, 0.2) is 34.9 Å². The molecule has 1 saturated heterocycles. The topological polar surface area (TPSA) is 95.3 Å². The molecule has 9 heteroatoms. The van der Waals surface area contributed by atoms with Crippen molar-refractivity contribution in [2.24, 2.45) is 0 Å². The van der Waals surface area contributed by atoms with Crippen LogP contribution in [-0.2, 0) is 15.6 Å². The van der Waals surface area contributed by atoms with E-state index in [1.807, 2.05) is 20.8 Å². The van der Waals surface area contributed by atoms with E-state index in [1.165, 1.54) is 11.2 Å². The molecule has 164 valence electrons. The van der Waals surface area contributed by atoms with Crippen LogP contribution in [0.2, 0.25) is 0 Å². The predicted octanol–water partition coefficient (Wildman–Crippen LogP) is 2.92. The lowest BCUT2D eigenvalue weighted by Crippen LogP contribution is -2.57. The number of amides is 1. The van der Waals surface area contributed by atoms with Crippen molar-refractivity contribution in [2.75, 3.05) is 32.9 Å². The summed E-state index contributed by atoms with van der Waals surface area (Å²) in [6.07, 6.45) is 1.44. The molecule has 0 N–H and O–H groups in total. The minimum Gasteiger partial charge on any atom is -0.490 e. The SMILES string of the molecule is CCOc1cc(C(=O)N2CC(S(=O)(=O)Cc3ccco3)C2)cc(OCC)c1OCC. The Morgan fingerprint density at radius 3 is 2.17 bits per heavy atom. The summed E-state index contributed by atoms with van der Waals surface area (Å²) in [7, 11) is -3.40. The van der Waals surface area contributed by atoms with Gasteiger partial charge < -0.3 is 23.5 Å². The molecule has 0 saturated carbocycles. The average Bonchev–Trinajstić information content (AvgIpc) is 3.15. The van der Waals surface area contributed by atoms with Gasteiger partial charge in [-0.25, -0.2) is 8.42 Å². The number of nitrogens with zero attached hydrogens (tertiary/aromatic N) is 1. The van der Waals surface area contributed by atoms with Gasteiger partial charge in [0.1, 0.15) is 11.5 Å². The highest BCUT2D eigenvalue weighted by molar-refractivity contribution is 7.91. The Balaban J connectivity index is 1.75. The first-order chi connectivity index (χ1) is 14.4. The molecule has 8 nitrogen and oxygen atoms in total. The number of carbonyl (C=O) groups excluding carboxylic acids is 1. The largest absolute Gasteiger partial charge is 0.490 e. The fourth-order valence-corrected chi connectivity index (χ4v) is 4.85. The molecule has 0 radical (unpaired) electrons. The van der Waals surface area contributed by atoms with E-state index >= 15 is 0 Å². The van der Waals surface area contributed by atoms with E-state index in [1.54, 1.807) is 24.3 Å². The standard InChI is InChI=1S/C21H27NO7S/c1-4-26-18-10-15(11-19(27-5-2)20(18)28-6-3)21(23)22-12-17(13-22)30(24,25)14-16-8-7-9-29-16/h7-11,17H,4-6,12-14H2,1-3H3. The molecule has 0 bridgehead atoms. The van der Waals surface area contributed by atoms with Gasteiger partial charge in [-0.15, -0.1) is 0 Å². The molecule has 1 aromatic heterocycles. The molecule has 1 aromatic carbocycles. The van der Waals surface area contributed by atoms with Gasteiger partial charge in [-0.1, -0.05) is 0 Å². The first-order valence-electron chi connectivity index (χ1n) is 9.99. The second-order valence-corrected chi connectivity index (χ2v) is 9.10. The lowest BCUT2D eigenvalue weighted by atomic mass is 10.1. The van der Waals surface area contributed by atoms with Crippen molar-refractivity contribution in [1.82, 2.24) is 4.90 Å². The van der Waals surface area contributed by atoms with E-state index in [0.29, 0.717) is 48.4 Å². The van der Waals surface area contributed by atoms with E-state index < -0.39 is 15.1 Å². The van der Waals surface area contributed by atoms with E-state index in [-0.39, 0.29) is 24.7 Å². The minimum absolute atomic E-state index is 0.142. The van der Waals surface area contributed by atoms with Gasteiger partial charge in [-0.05, 0) is 45.0 Å². The molecule has 2 heterocycles. The van der Waals surface area contributed by atoms with Crippen molar-refractivity contribution in [2.45, 2.75) is 31.8 Å². The first kappa shape index (κ1) is 22.0. The van der Waals surface area contributed by atoms with Gasteiger partial charge in [0.15, 0.2) is 21.3 Å². The summed E-state index contributed by atoms with van der Waals surface area (Å²) in [6.45, 7) is 7.05. The lowest BCUT2D eigenvalue weighted by Gasteiger charge is -2.38. The number of hydrogen-bond donors (Lipinski definition) is 0. The number of furan rings is 1. The normalized spacial score (nSPS) is 14.3. The molecule has 0 spiro atoms. The van der Waals surface area contributed by atoms with Gasteiger partial charge in [0.05, 0.1) is 31.3 Å². The molecule has 1 amide bonds. The Labute approximate surface area is 176 Å². The summed E-state index contributed by atoms with van der Waals surface area (Å²) in [5.74, 6) is 1.27. The summed E-state index contributed by atoms with van der Waals surface area (Å²) in [5.41, 5.74) is 0.368. The van der Waals surface area contributed by atoms with Gasteiger partial charge in [0, 0.05) is 18.7 Å². The number of carbonyl (C=O) groups is 1. The zero-order valence-electron chi connectivity index (χ0n) is 17.4. The summed E-state index contributed by atoms with van der Waals surface area (Å²) in [4.78, 5) is 14.5. The number of hydrogen-bond acceptors (Lipinski definition) is 7. The maximum atomic E-state index is 13.0. The lowest BCUT2D eigenvalue weighted by molar-refractivity contribution is 0.0657. The van der Waals surface area contributed by atoms with Gasteiger partial charge >= 0.3 is 0 Å². The number of benzene rings is 1. The third-order valence-corrected chi connectivity index (χ3v) is 6.72. The van der Waals surface area contributed by atoms with Crippen LogP contribution in [0.25, 0.3) is 0 Å². The van der Waals surface area contributed by atoms with E-state index in [2.05, 4.69) is 0 Å². The van der Waals surface area contributed by atoms with Crippen LogP contribution < -0.4 is 14.2 Å². The Hall–Kier alpha value is -2.68. The smallest absolute Gasteiger partial charge is 0.254 e. The highest BCUT2D eigenvalue weighted by Crippen LogP contribution is 2.39.